The van der Waals surface area contributed by atoms with Gasteiger partial charge in [-0.25, -0.2) is 8.42 Å². The molecule has 33 heavy (non-hydrogen) atoms. The topological polar surface area (TPSA) is 84.5 Å². The molecule has 0 aliphatic rings. The van der Waals surface area contributed by atoms with Crippen molar-refractivity contribution in [1.82, 2.24) is 5.32 Å². The Morgan fingerprint density at radius 1 is 0.939 bits per heavy atom. The van der Waals surface area contributed by atoms with Crippen LogP contribution < -0.4 is 14.8 Å². The molecule has 1 amide bonds. The second-order valence-electron chi connectivity index (χ2n) is 8.23. The van der Waals surface area contributed by atoms with Crippen LogP contribution in [-0.2, 0) is 21.2 Å². The van der Waals surface area contributed by atoms with Gasteiger partial charge in [-0.15, -0.1) is 0 Å². The van der Waals surface area contributed by atoms with Crippen LogP contribution >= 0.6 is 0 Å². The highest BCUT2D eigenvalue weighted by Crippen LogP contribution is 2.21. The van der Waals surface area contributed by atoms with E-state index in [0.717, 1.165) is 24.0 Å². The van der Waals surface area contributed by atoms with Gasteiger partial charge >= 0.3 is 0 Å². The minimum atomic E-state index is -3.72. The lowest BCUT2D eigenvalue weighted by Gasteiger charge is -2.14. The van der Waals surface area contributed by atoms with Crippen molar-refractivity contribution in [3.8, 4) is 5.75 Å². The molecule has 3 aromatic rings. The first kappa shape index (κ1) is 24.3. The molecular formula is C26H30N2O4S. The van der Waals surface area contributed by atoms with Gasteiger partial charge in [0.15, 0.2) is 6.61 Å². The first-order valence-corrected chi connectivity index (χ1v) is 12.4. The molecular weight excluding hydrogens is 436 g/mol. The maximum absolute atomic E-state index is 12.7. The summed E-state index contributed by atoms with van der Waals surface area (Å²) in [5.74, 6) is 0.205. The third-order valence-electron chi connectivity index (χ3n) is 5.09. The SMILES string of the molecule is Cc1cc(C)cc(NS(=O)(=O)c2ccc(OCC(=O)N[C@@H](C)CCc3ccccc3)cc2)c1. The van der Waals surface area contributed by atoms with Crippen LogP contribution in [-0.4, -0.2) is 27.0 Å². The second-order valence-corrected chi connectivity index (χ2v) is 9.92. The minimum absolute atomic E-state index is 0.0187. The van der Waals surface area contributed by atoms with Crippen molar-refractivity contribution in [1.29, 1.82) is 0 Å². The van der Waals surface area contributed by atoms with E-state index >= 15 is 0 Å². The van der Waals surface area contributed by atoms with Crippen molar-refractivity contribution in [3.63, 3.8) is 0 Å². The van der Waals surface area contributed by atoms with E-state index in [4.69, 9.17) is 4.74 Å². The summed E-state index contributed by atoms with van der Waals surface area (Å²) in [5.41, 5.74) is 3.70. The number of aryl methyl sites for hydroxylation is 3. The quantitative estimate of drug-likeness (QED) is 0.457. The maximum atomic E-state index is 12.7. The van der Waals surface area contributed by atoms with Crippen molar-refractivity contribution in [2.45, 2.75) is 44.6 Å². The zero-order valence-corrected chi connectivity index (χ0v) is 20.0. The molecule has 7 heteroatoms. The van der Waals surface area contributed by atoms with E-state index in [1.807, 2.05) is 45.0 Å². The van der Waals surface area contributed by atoms with Crippen molar-refractivity contribution < 1.29 is 17.9 Å². The summed E-state index contributed by atoms with van der Waals surface area (Å²) in [4.78, 5) is 12.3. The number of sulfonamides is 1. The van der Waals surface area contributed by atoms with Gasteiger partial charge in [0.25, 0.3) is 15.9 Å². The van der Waals surface area contributed by atoms with Crippen LogP contribution in [0.25, 0.3) is 0 Å². The van der Waals surface area contributed by atoms with Crippen LogP contribution in [0.3, 0.4) is 0 Å². The normalized spacial score (nSPS) is 12.1. The Balaban J connectivity index is 1.49. The van der Waals surface area contributed by atoms with Gasteiger partial charge in [-0.05, 0) is 86.7 Å². The predicted octanol–water partition coefficient (Wildman–Crippen LogP) is 4.62. The highest BCUT2D eigenvalue weighted by atomic mass is 32.2. The zero-order valence-electron chi connectivity index (χ0n) is 19.2. The summed E-state index contributed by atoms with van der Waals surface area (Å²) in [5, 5.41) is 2.92. The molecule has 6 nitrogen and oxygen atoms in total. The van der Waals surface area contributed by atoms with Gasteiger partial charge in [-0.2, -0.15) is 0 Å². The first-order valence-electron chi connectivity index (χ1n) is 10.9. The molecule has 0 bridgehead atoms. The van der Waals surface area contributed by atoms with E-state index in [1.54, 1.807) is 24.3 Å². The van der Waals surface area contributed by atoms with Crippen LogP contribution in [0.5, 0.6) is 5.75 Å². The Morgan fingerprint density at radius 3 is 2.21 bits per heavy atom. The molecule has 0 saturated carbocycles. The molecule has 1 atom stereocenters. The number of ether oxygens (including phenoxy) is 1. The highest BCUT2D eigenvalue weighted by Gasteiger charge is 2.15. The average Bonchev–Trinajstić information content (AvgIpc) is 2.76. The maximum Gasteiger partial charge on any atom is 0.261 e. The molecule has 0 unspecified atom stereocenters. The fourth-order valence-electron chi connectivity index (χ4n) is 3.53. The predicted molar refractivity (Wildman–Crippen MR) is 131 cm³/mol. The fraction of sp³-hybridized carbons (Fsp3) is 0.269. The van der Waals surface area contributed by atoms with Gasteiger partial charge in [-0.3, -0.25) is 9.52 Å². The van der Waals surface area contributed by atoms with Crippen molar-refractivity contribution in [3.05, 3.63) is 89.5 Å². The van der Waals surface area contributed by atoms with E-state index in [-0.39, 0.29) is 23.5 Å². The van der Waals surface area contributed by atoms with Crippen molar-refractivity contribution >= 4 is 21.6 Å². The van der Waals surface area contributed by atoms with Crippen LogP contribution in [0.2, 0.25) is 0 Å². The number of benzene rings is 3. The van der Waals surface area contributed by atoms with Crippen LogP contribution in [0, 0.1) is 13.8 Å². The standard InChI is InChI=1S/C26H30N2O4S/c1-19-15-20(2)17-23(16-19)28-33(30,31)25-13-11-24(12-14-25)32-18-26(29)27-21(3)9-10-22-7-5-4-6-8-22/h4-8,11-17,21,28H,9-10,18H2,1-3H3,(H,27,29)/t21-/m0/s1. The molecule has 174 valence electrons. The molecule has 2 N–H and O–H groups in total. The number of rotatable bonds is 10. The summed E-state index contributed by atoms with van der Waals surface area (Å²) in [6.45, 7) is 5.65. The Kier molecular flexibility index (Phi) is 8.11. The van der Waals surface area contributed by atoms with E-state index < -0.39 is 10.0 Å². The minimum Gasteiger partial charge on any atom is -0.484 e. The summed E-state index contributed by atoms with van der Waals surface area (Å²) < 4.78 is 33.5. The Hall–Kier alpha value is -3.32. The fourth-order valence-corrected chi connectivity index (χ4v) is 4.57. The summed E-state index contributed by atoms with van der Waals surface area (Å²) in [7, 11) is -3.72. The smallest absolute Gasteiger partial charge is 0.261 e. The summed E-state index contributed by atoms with van der Waals surface area (Å²) in [6, 6.07) is 21.7. The Labute approximate surface area is 196 Å². The molecule has 0 aliphatic heterocycles. The monoisotopic (exact) mass is 466 g/mol. The largest absolute Gasteiger partial charge is 0.484 e. The van der Waals surface area contributed by atoms with Crippen LogP contribution in [0.1, 0.15) is 30.0 Å². The van der Waals surface area contributed by atoms with E-state index in [9.17, 15) is 13.2 Å². The van der Waals surface area contributed by atoms with Gasteiger partial charge < -0.3 is 10.1 Å². The van der Waals surface area contributed by atoms with Crippen LogP contribution in [0.15, 0.2) is 77.7 Å². The number of nitrogens with one attached hydrogen (secondary N) is 2. The highest BCUT2D eigenvalue weighted by molar-refractivity contribution is 7.92. The molecule has 3 rings (SSSR count). The molecule has 0 radical (unpaired) electrons. The summed E-state index contributed by atoms with van der Waals surface area (Å²) >= 11 is 0. The van der Waals surface area contributed by atoms with E-state index in [1.165, 1.54) is 17.7 Å². The van der Waals surface area contributed by atoms with Gasteiger partial charge in [-0.1, -0.05) is 36.4 Å². The molecule has 0 heterocycles. The average molecular weight is 467 g/mol. The van der Waals surface area contributed by atoms with Crippen molar-refractivity contribution in [2.75, 3.05) is 11.3 Å². The van der Waals surface area contributed by atoms with Crippen LogP contribution in [0.4, 0.5) is 5.69 Å². The molecule has 0 fully saturated rings. The second kappa shape index (κ2) is 11.0. The number of amides is 1. The zero-order chi connectivity index (χ0) is 23.8. The molecule has 3 aromatic carbocycles. The molecule has 0 aliphatic carbocycles. The third-order valence-corrected chi connectivity index (χ3v) is 6.49. The van der Waals surface area contributed by atoms with E-state index in [0.29, 0.717) is 11.4 Å². The number of carbonyl (C=O) groups excluding carboxylic acids is 1. The summed E-state index contributed by atoms with van der Waals surface area (Å²) in [6.07, 6.45) is 1.71. The lowest BCUT2D eigenvalue weighted by molar-refractivity contribution is -0.123. The third kappa shape index (κ3) is 7.64. The molecule has 0 aromatic heterocycles. The number of anilines is 1. The van der Waals surface area contributed by atoms with Gasteiger partial charge in [0, 0.05) is 11.7 Å². The number of carbonyl (C=O) groups is 1. The number of hydrogen-bond acceptors (Lipinski definition) is 4. The van der Waals surface area contributed by atoms with E-state index in [2.05, 4.69) is 22.2 Å². The lowest BCUT2D eigenvalue weighted by atomic mass is 10.1. The number of hydrogen-bond donors (Lipinski definition) is 2. The first-order chi connectivity index (χ1) is 15.7. The van der Waals surface area contributed by atoms with Crippen molar-refractivity contribution in [2.24, 2.45) is 0 Å². The van der Waals surface area contributed by atoms with Gasteiger partial charge in [0.1, 0.15) is 5.75 Å². The van der Waals surface area contributed by atoms with Gasteiger partial charge in [0.2, 0.25) is 0 Å². The molecule has 0 saturated heterocycles. The molecule has 0 spiro atoms. The lowest BCUT2D eigenvalue weighted by Crippen LogP contribution is -2.36. The Morgan fingerprint density at radius 2 is 1.58 bits per heavy atom. The van der Waals surface area contributed by atoms with Gasteiger partial charge in [0.05, 0.1) is 4.90 Å². The Bertz CT molecular complexity index is 1160.